The van der Waals surface area contributed by atoms with Crippen LogP contribution in [0, 0.1) is 13.8 Å². The zero-order valence-electron chi connectivity index (χ0n) is 14.4. The van der Waals surface area contributed by atoms with Crippen LogP contribution < -0.4 is 9.47 Å². The fraction of sp³-hybridized carbons (Fsp3) is 0.250. The van der Waals surface area contributed by atoms with Crippen LogP contribution in [-0.2, 0) is 0 Å². The monoisotopic (exact) mass is 339 g/mol. The van der Waals surface area contributed by atoms with E-state index in [9.17, 15) is 0 Å². The molecule has 1 heterocycles. The highest BCUT2D eigenvalue weighted by Crippen LogP contribution is 2.30. The van der Waals surface area contributed by atoms with Crippen molar-refractivity contribution in [1.29, 1.82) is 0 Å². The third kappa shape index (κ3) is 3.44. The maximum absolute atomic E-state index is 5.62. The molecule has 0 saturated carbocycles. The second-order valence-electron chi connectivity index (χ2n) is 5.63. The van der Waals surface area contributed by atoms with E-state index in [2.05, 4.69) is 32.1 Å². The first kappa shape index (κ1) is 16.5. The van der Waals surface area contributed by atoms with E-state index in [0.717, 1.165) is 27.6 Å². The number of aromatic nitrogens is 1. The van der Waals surface area contributed by atoms with Gasteiger partial charge in [-0.2, -0.15) is 0 Å². The summed E-state index contributed by atoms with van der Waals surface area (Å²) in [6.45, 7) is 6.83. The number of rotatable bonds is 5. The van der Waals surface area contributed by atoms with Crippen LogP contribution in [0.1, 0.15) is 28.6 Å². The molecule has 0 unspecified atom stereocenters. The lowest BCUT2D eigenvalue weighted by atomic mass is 10.1. The molecule has 0 spiro atoms. The van der Waals surface area contributed by atoms with Crippen molar-refractivity contribution in [3.05, 3.63) is 52.0 Å². The minimum Gasteiger partial charge on any atom is -0.493 e. The standard InChI is InChI=1S/C20H21NO2S/c1-5-23-18-12-15(6-8-17(18)22-4)7-9-20-21-16-10-13(2)14(3)11-19(16)24-20/h6-12H,5H2,1-4H3. The normalized spacial score (nSPS) is 11.3. The zero-order valence-corrected chi connectivity index (χ0v) is 15.2. The fourth-order valence-corrected chi connectivity index (χ4v) is 3.45. The molecule has 2 aromatic carbocycles. The molecule has 3 rings (SSSR count). The Morgan fingerprint density at radius 2 is 1.83 bits per heavy atom. The van der Waals surface area contributed by atoms with Crippen LogP contribution >= 0.6 is 11.3 Å². The molecule has 0 fully saturated rings. The Bertz CT molecular complexity index is 857. The smallest absolute Gasteiger partial charge is 0.161 e. The van der Waals surface area contributed by atoms with Crippen LogP contribution in [0.3, 0.4) is 0 Å². The van der Waals surface area contributed by atoms with Crippen molar-refractivity contribution in [1.82, 2.24) is 4.98 Å². The topological polar surface area (TPSA) is 31.4 Å². The van der Waals surface area contributed by atoms with Crippen molar-refractivity contribution < 1.29 is 9.47 Å². The Morgan fingerprint density at radius 1 is 1.04 bits per heavy atom. The maximum Gasteiger partial charge on any atom is 0.161 e. The molecule has 0 aliphatic carbocycles. The van der Waals surface area contributed by atoms with Crippen molar-refractivity contribution in [3.8, 4) is 11.5 Å². The van der Waals surface area contributed by atoms with Crippen LogP contribution in [0.4, 0.5) is 0 Å². The quantitative estimate of drug-likeness (QED) is 0.616. The van der Waals surface area contributed by atoms with Crippen molar-refractivity contribution >= 4 is 33.7 Å². The van der Waals surface area contributed by atoms with E-state index in [0.29, 0.717) is 6.61 Å². The molecule has 24 heavy (non-hydrogen) atoms. The van der Waals surface area contributed by atoms with Crippen LogP contribution in [0.15, 0.2) is 30.3 Å². The van der Waals surface area contributed by atoms with Gasteiger partial charge in [-0.05, 0) is 67.8 Å². The predicted molar refractivity (Wildman–Crippen MR) is 102 cm³/mol. The van der Waals surface area contributed by atoms with Gasteiger partial charge in [0, 0.05) is 0 Å². The van der Waals surface area contributed by atoms with Gasteiger partial charge >= 0.3 is 0 Å². The first-order valence-corrected chi connectivity index (χ1v) is 8.79. The fourth-order valence-electron chi connectivity index (χ4n) is 2.50. The zero-order chi connectivity index (χ0) is 17.1. The van der Waals surface area contributed by atoms with Crippen LogP contribution in [0.5, 0.6) is 11.5 Å². The molecule has 0 amide bonds. The highest BCUT2D eigenvalue weighted by molar-refractivity contribution is 7.19. The molecule has 0 aliphatic rings. The molecule has 124 valence electrons. The lowest BCUT2D eigenvalue weighted by Gasteiger charge is -2.09. The summed E-state index contributed by atoms with van der Waals surface area (Å²) in [4.78, 5) is 4.70. The minimum absolute atomic E-state index is 0.611. The van der Waals surface area contributed by atoms with E-state index in [1.54, 1.807) is 18.4 Å². The van der Waals surface area contributed by atoms with E-state index in [1.165, 1.54) is 15.8 Å². The second-order valence-corrected chi connectivity index (χ2v) is 6.70. The van der Waals surface area contributed by atoms with E-state index in [4.69, 9.17) is 14.5 Å². The summed E-state index contributed by atoms with van der Waals surface area (Å²) in [7, 11) is 1.65. The summed E-state index contributed by atoms with van der Waals surface area (Å²) in [5.74, 6) is 1.51. The van der Waals surface area contributed by atoms with E-state index < -0.39 is 0 Å². The number of ether oxygens (including phenoxy) is 2. The van der Waals surface area contributed by atoms with Crippen molar-refractivity contribution in [3.63, 3.8) is 0 Å². The first-order valence-electron chi connectivity index (χ1n) is 7.97. The molecule has 4 heteroatoms. The lowest BCUT2D eigenvalue weighted by molar-refractivity contribution is 0.311. The number of nitrogens with zero attached hydrogens (tertiary/aromatic N) is 1. The SMILES string of the molecule is CCOc1cc(C=Cc2nc3cc(C)c(C)cc3s2)ccc1OC. The van der Waals surface area contributed by atoms with Gasteiger partial charge in [-0.25, -0.2) is 4.98 Å². The molecular formula is C20H21NO2S. The summed E-state index contributed by atoms with van der Waals surface area (Å²) < 4.78 is 12.2. The Labute approximate surface area is 146 Å². The van der Waals surface area contributed by atoms with Crippen LogP contribution in [0.25, 0.3) is 22.4 Å². The Kier molecular flexibility index (Phi) is 4.86. The van der Waals surface area contributed by atoms with E-state index >= 15 is 0 Å². The number of benzene rings is 2. The third-order valence-electron chi connectivity index (χ3n) is 3.93. The van der Waals surface area contributed by atoms with Crippen LogP contribution in [0.2, 0.25) is 0 Å². The Hall–Kier alpha value is -2.33. The number of methoxy groups -OCH3 is 1. The molecular weight excluding hydrogens is 318 g/mol. The van der Waals surface area contributed by atoms with Gasteiger partial charge in [0.25, 0.3) is 0 Å². The second kappa shape index (κ2) is 7.05. The molecule has 1 aromatic heterocycles. The molecule has 0 aliphatic heterocycles. The van der Waals surface area contributed by atoms with Crippen molar-refractivity contribution in [2.24, 2.45) is 0 Å². The lowest BCUT2D eigenvalue weighted by Crippen LogP contribution is -1.95. The summed E-state index contributed by atoms with van der Waals surface area (Å²) in [6.07, 6.45) is 4.10. The van der Waals surface area contributed by atoms with Gasteiger partial charge in [0.15, 0.2) is 11.5 Å². The highest BCUT2D eigenvalue weighted by Gasteiger charge is 2.06. The summed E-state index contributed by atoms with van der Waals surface area (Å²) in [6, 6.07) is 10.3. The number of hydrogen-bond acceptors (Lipinski definition) is 4. The number of aryl methyl sites for hydroxylation is 2. The summed E-state index contributed by atoms with van der Waals surface area (Å²) in [5, 5.41) is 1.00. The van der Waals surface area contributed by atoms with Gasteiger partial charge in [-0.3, -0.25) is 0 Å². The van der Waals surface area contributed by atoms with E-state index in [1.807, 2.05) is 31.2 Å². The number of thiazole rings is 1. The molecule has 0 bridgehead atoms. The van der Waals surface area contributed by atoms with Gasteiger partial charge < -0.3 is 9.47 Å². The molecule has 0 N–H and O–H groups in total. The number of hydrogen-bond donors (Lipinski definition) is 0. The summed E-state index contributed by atoms with van der Waals surface area (Å²) in [5.41, 5.74) is 4.70. The van der Waals surface area contributed by atoms with Gasteiger partial charge in [-0.15, -0.1) is 11.3 Å². The van der Waals surface area contributed by atoms with Crippen molar-refractivity contribution in [2.45, 2.75) is 20.8 Å². The molecule has 0 saturated heterocycles. The molecule has 0 radical (unpaired) electrons. The molecule has 0 atom stereocenters. The average Bonchev–Trinajstić information content (AvgIpc) is 2.95. The highest BCUT2D eigenvalue weighted by atomic mass is 32.1. The summed E-state index contributed by atoms with van der Waals surface area (Å²) >= 11 is 1.71. The van der Waals surface area contributed by atoms with E-state index in [-0.39, 0.29) is 0 Å². The first-order chi connectivity index (χ1) is 11.6. The van der Waals surface area contributed by atoms with Gasteiger partial charge in [0.05, 0.1) is 23.9 Å². The van der Waals surface area contributed by atoms with Crippen LogP contribution in [-0.4, -0.2) is 18.7 Å². The molecule has 3 aromatic rings. The Morgan fingerprint density at radius 3 is 2.58 bits per heavy atom. The predicted octanol–water partition coefficient (Wildman–Crippen LogP) is 5.49. The minimum atomic E-state index is 0.611. The number of fused-ring (bicyclic) bond motifs is 1. The van der Waals surface area contributed by atoms with Gasteiger partial charge in [0.2, 0.25) is 0 Å². The van der Waals surface area contributed by atoms with Crippen molar-refractivity contribution in [2.75, 3.05) is 13.7 Å². The van der Waals surface area contributed by atoms with Gasteiger partial charge in [-0.1, -0.05) is 12.1 Å². The Balaban J connectivity index is 1.89. The average molecular weight is 339 g/mol. The largest absolute Gasteiger partial charge is 0.493 e. The van der Waals surface area contributed by atoms with Gasteiger partial charge in [0.1, 0.15) is 5.01 Å². The molecule has 3 nitrogen and oxygen atoms in total. The maximum atomic E-state index is 5.62. The third-order valence-corrected chi connectivity index (χ3v) is 4.91.